The third-order valence-electron chi connectivity index (χ3n) is 4.07. The van der Waals surface area contributed by atoms with Crippen LogP contribution < -0.4 is 5.32 Å². The molecule has 3 nitrogen and oxygen atoms in total. The van der Waals surface area contributed by atoms with Gasteiger partial charge in [0.15, 0.2) is 0 Å². The number of aliphatic hydroxyl groups is 2. The Hall–Kier alpha value is -0.120. The Bertz CT molecular complexity index is 216. The second-order valence-electron chi connectivity index (χ2n) is 6.25. The summed E-state index contributed by atoms with van der Waals surface area (Å²) in [5, 5.41) is 22.2. The molecule has 1 aliphatic rings. The molecule has 1 aliphatic carbocycles. The maximum Gasteiger partial charge on any atom is 0.0972 e. The molecule has 17 heavy (non-hydrogen) atoms. The molecular formula is C14H29NO2. The van der Waals surface area contributed by atoms with Crippen LogP contribution in [0.2, 0.25) is 0 Å². The van der Waals surface area contributed by atoms with E-state index in [0.717, 1.165) is 11.8 Å². The van der Waals surface area contributed by atoms with Gasteiger partial charge in [-0.25, -0.2) is 0 Å². The van der Waals surface area contributed by atoms with Crippen LogP contribution in [0.25, 0.3) is 0 Å². The van der Waals surface area contributed by atoms with Crippen molar-refractivity contribution in [2.75, 3.05) is 13.2 Å². The van der Waals surface area contributed by atoms with Crippen molar-refractivity contribution in [2.24, 2.45) is 11.8 Å². The van der Waals surface area contributed by atoms with Gasteiger partial charge in [0.2, 0.25) is 0 Å². The minimum absolute atomic E-state index is 0.179. The van der Waals surface area contributed by atoms with Crippen LogP contribution in [0.4, 0.5) is 0 Å². The lowest BCUT2D eigenvalue weighted by Gasteiger charge is -2.25. The van der Waals surface area contributed by atoms with E-state index in [4.69, 9.17) is 5.11 Å². The van der Waals surface area contributed by atoms with E-state index in [2.05, 4.69) is 19.2 Å². The summed E-state index contributed by atoms with van der Waals surface area (Å²) in [5.74, 6) is 1.65. The van der Waals surface area contributed by atoms with Crippen molar-refractivity contribution >= 4 is 0 Å². The van der Waals surface area contributed by atoms with Gasteiger partial charge in [0.05, 0.1) is 12.2 Å². The summed E-state index contributed by atoms with van der Waals surface area (Å²) in [4.78, 5) is 0. The average molecular weight is 243 g/mol. The lowest BCUT2D eigenvalue weighted by molar-refractivity contribution is 0.000378. The van der Waals surface area contributed by atoms with E-state index in [1.807, 2.05) is 0 Å². The van der Waals surface area contributed by atoms with Gasteiger partial charge in [-0.05, 0) is 38.0 Å². The first-order valence-electron chi connectivity index (χ1n) is 7.01. The molecule has 0 radical (unpaired) electrons. The summed E-state index contributed by atoms with van der Waals surface area (Å²) in [7, 11) is 0. The predicted molar refractivity (Wildman–Crippen MR) is 70.9 cm³/mol. The largest absolute Gasteiger partial charge is 0.393 e. The maximum atomic E-state index is 9.75. The van der Waals surface area contributed by atoms with Crippen molar-refractivity contribution in [1.29, 1.82) is 0 Å². The van der Waals surface area contributed by atoms with Crippen molar-refractivity contribution in [1.82, 2.24) is 5.32 Å². The molecule has 0 bridgehead atoms. The number of nitrogens with one attached hydrogen (secondary N) is 1. The van der Waals surface area contributed by atoms with Crippen LogP contribution in [0.15, 0.2) is 0 Å². The lowest BCUT2D eigenvalue weighted by atomic mass is 9.89. The number of aliphatic hydroxyl groups excluding tert-OH is 1. The Labute approximate surface area is 106 Å². The van der Waals surface area contributed by atoms with E-state index in [1.54, 1.807) is 6.92 Å². The number of hydrogen-bond acceptors (Lipinski definition) is 3. The zero-order valence-electron chi connectivity index (χ0n) is 11.6. The first-order valence-corrected chi connectivity index (χ1v) is 7.01. The van der Waals surface area contributed by atoms with Gasteiger partial charge >= 0.3 is 0 Å². The molecular weight excluding hydrogens is 214 g/mol. The van der Waals surface area contributed by atoms with E-state index in [-0.39, 0.29) is 6.61 Å². The van der Waals surface area contributed by atoms with Gasteiger partial charge in [0, 0.05) is 12.6 Å². The standard InChI is InChI=1S/C14H29NO2/c1-11(2)12-5-4-6-13(8-7-12)15-9-14(3,17)10-16/h11-13,15-17H,4-10H2,1-3H3. The molecule has 3 atom stereocenters. The second-order valence-corrected chi connectivity index (χ2v) is 6.25. The van der Waals surface area contributed by atoms with Gasteiger partial charge in [0.25, 0.3) is 0 Å². The molecule has 3 N–H and O–H groups in total. The Morgan fingerprint density at radius 1 is 1.24 bits per heavy atom. The lowest BCUT2D eigenvalue weighted by Crippen LogP contribution is -2.44. The fourth-order valence-corrected chi connectivity index (χ4v) is 2.62. The van der Waals surface area contributed by atoms with Gasteiger partial charge in [-0.3, -0.25) is 0 Å². The molecule has 3 unspecified atom stereocenters. The molecule has 3 heteroatoms. The van der Waals surface area contributed by atoms with Crippen LogP contribution in [-0.4, -0.2) is 35.0 Å². The van der Waals surface area contributed by atoms with Crippen LogP contribution in [-0.2, 0) is 0 Å². The number of hydrogen-bond donors (Lipinski definition) is 3. The molecule has 1 rings (SSSR count). The van der Waals surface area contributed by atoms with Crippen LogP contribution in [0.1, 0.15) is 52.9 Å². The first-order chi connectivity index (χ1) is 7.94. The topological polar surface area (TPSA) is 52.5 Å². The molecule has 0 aromatic carbocycles. The van der Waals surface area contributed by atoms with Crippen molar-refractivity contribution in [3.8, 4) is 0 Å². The summed E-state index contributed by atoms with van der Waals surface area (Å²) >= 11 is 0. The number of rotatable bonds is 5. The molecule has 1 fully saturated rings. The summed E-state index contributed by atoms with van der Waals surface area (Å²) in [6, 6.07) is 0.511. The molecule has 0 saturated heterocycles. The quantitative estimate of drug-likeness (QED) is 0.647. The summed E-state index contributed by atoms with van der Waals surface area (Å²) in [6.45, 7) is 6.61. The van der Waals surface area contributed by atoms with Crippen molar-refractivity contribution in [3.05, 3.63) is 0 Å². The van der Waals surface area contributed by atoms with Gasteiger partial charge in [0.1, 0.15) is 0 Å². The van der Waals surface area contributed by atoms with Gasteiger partial charge in [-0.1, -0.05) is 26.7 Å². The fraction of sp³-hybridized carbons (Fsp3) is 1.00. The van der Waals surface area contributed by atoms with Crippen LogP contribution in [0.3, 0.4) is 0 Å². The highest BCUT2D eigenvalue weighted by atomic mass is 16.3. The van der Waals surface area contributed by atoms with Gasteiger partial charge in [-0.2, -0.15) is 0 Å². The Balaban J connectivity index is 2.32. The molecule has 0 amide bonds. The van der Waals surface area contributed by atoms with Gasteiger partial charge in [-0.15, -0.1) is 0 Å². The summed E-state index contributed by atoms with van der Waals surface area (Å²) in [6.07, 6.45) is 6.31. The fourth-order valence-electron chi connectivity index (χ4n) is 2.62. The Kier molecular flexibility index (Phi) is 5.90. The van der Waals surface area contributed by atoms with Crippen LogP contribution in [0, 0.1) is 11.8 Å². The SMILES string of the molecule is CC(C)C1CCCC(NCC(C)(O)CO)CC1. The van der Waals surface area contributed by atoms with Crippen LogP contribution in [0.5, 0.6) is 0 Å². The summed E-state index contributed by atoms with van der Waals surface area (Å²) in [5.41, 5.74) is -0.982. The normalized spacial score (nSPS) is 30.0. The van der Waals surface area contributed by atoms with Crippen molar-refractivity contribution in [3.63, 3.8) is 0 Å². The minimum Gasteiger partial charge on any atom is -0.393 e. The first kappa shape index (κ1) is 14.9. The van der Waals surface area contributed by atoms with E-state index >= 15 is 0 Å². The second kappa shape index (κ2) is 6.72. The highest BCUT2D eigenvalue weighted by molar-refractivity contribution is 4.80. The molecule has 0 aromatic heterocycles. The van der Waals surface area contributed by atoms with Crippen molar-refractivity contribution < 1.29 is 10.2 Å². The van der Waals surface area contributed by atoms with E-state index in [9.17, 15) is 5.11 Å². The minimum atomic E-state index is -0.982. The molecule has 0 aromatic rings. The van der Waals surface area contributed by atoms with E-state index in [1.165, 1.54) is 32.1 Å². The smallest absolute Gasteiger partial charge is 0.0972 e. The van der Waals surface area contributed by atoms with Crippen molar-refractivity contribution in [2.45, 2.75) is 64.5 Å². The Morgan fingerprint density at radius 2 is 1.94 bits per heavy atom. The maximum absolute atomic E-state index is 9.75. The third kappa shape index (κ3) is 5.36. The highest BCUT2D eigenvalue weighted by Crippen LogP contribution is 2.28. The average Bonchev–Trinajstić information content (AvgIpc) is 2.52. The van der Waals surface area contributed by atoms with Gasteiger partial charge < -0.3 is 15.5 Å². The molecule has 102 valence electrons. The highest BCUT2D eigenvalue weighted by Gasteiger charge is 2.24. The summed E-state index contributed by atoms with van der Waals surface area (Å²) < 4.78 is 0. The predicted octanol–water partition coefficient (Wildman–Crippen LogP) is 1.92. The zero-order chi connectivity index (χ0) is 12.9. The monoisotopic (exact) mass is 243 g/mol. The van der Waals surface area contributed by atoms with E-state index in [0.29, 0.717) is 12.6 Å². The molecule has 0 heterocycles. The van der Waals surface area contributed by atoms with E-state index < -0.39 is 5.60 Å². The molecule has 0 spiro atoms. The third-order valence-corrected chi connectivity index (χ3v) is 4.07. The zero-order valence-corrected chi connectivity index (χ0v) is 11.6. The van der Waals surface area contributed by atoms with Crippen LogP contribution >= 0.6 is 0 Å². The molecule has 1 saturated carbocycles. The molecule has 0 aliphatic heterocycles. The Morgan fingerprint density at radius 3 is 2.53 bits per heavy atom.